The Morgan fingerprint density at radius 1 is 1.45 bits per heavy atom. The molecule has 0 bridgehead atoms. The predicted molar refractivity (Wildman–Crippen MR) is 81.7 cm³/mol. The van der Waals surface area contributed by atoms with E-state index in [4.69, 9.17) is 10.5 Å². The van der Waals surface area contributed by atoms with Crippen LogP contribution in [0.15, 0.2) is 18.3 Å². The predicted octanol–water partition coefficient (Wildman–Crippen LogP) is 0.905. The summed E-state index contributed by atoms with van der Waals surface area (Å²) in [4.78, 5) is 6.67. The lowest BCUT2D eigenvalue weighted by atomic mass is 9.87. The number of anilines is 1. The summed E-state index contributed by atoms with van der Waals surface area (Å²) in [5.74, 6) is 0.630. The molecule has 0 aliphatic carbocycles. The Hall–Kier alpha value is -1.17. The molecule has 5 heteroatoms. The van der Waals surface area contributed by atoms with E-state index in [2.05, 4.69) is 35.1 Å². The van der Waals surface area contributed by atoms with E-state index < -0.39 is 0 Å². The van der Waals surface area contributed by atoms with Crippen molar-refractivity contribution in [2.45, 2.75) is 31.8 Å². The van der Waals surface area contributed by atoms with Crippen molar-refractivity contribution < 1.29 is 4.74 Å². The van der Waals surface area contributed by atoms with Crippen molar-refractivity contribution in [3.63, 3.8) is 0 Å². The van der Waals surface area contributed by atoms with Crippen LogP contribution in [-0.2, 0) is 11.2 Å². The minimum Gasteiger partial charge on any atom is -0.383 e. The van der Waals surface area contributed by atoms with Crippen LogP contribution >= 0.6 is 0 Å². The Kier molecular flexibility index (Phi) is 4.96. The second kappa shape index (κ2) is 6.52. The number of aromatic nitrogens is 1. The quantitative estimate of drug-likeness (QED) is 0.838. The maximum atomic E-state index is 5.97. The molecule has 1 saturated heterocycles. The van der Waals surface area contributed by atoms with Gasteiger partial charge in [-0.25, -0.2) is 4.98 Å². The van der Waals surface area contributed by atoms with Gasteiger partial charge in [0.15, 0.2) is 0 Å². The number of nitrogen functional groups attached to an aromatic ring is 1. The van der Waals surface area contributed by atoms with Gasteiger partial charge in [-0.15, -0.1) is 0 Å². The number of nitrogens with two attached hydrogens (primary N) is 1. The average Bonchev–Trinajstić information content (AvgIpc) is 2.47. The minimum absolute atomic E-state index is 0.0425. The number of pyridine rings is 1. The first kappa shape index (κ1) is 15.2. The summed E-state index contributed by atoms with van der Waals surface area (Å²) in [7, 11) is 2.01. The van der Waals surface area contributed by atoms with Crippen LogP contribution in [0.3, 0.4) is 0 Å². The van der Waals surface area contributed by atoms with Crippen LogP contribution in [0.5, 0.6) is 0 Å². The van der Waals surface area contributed by atoms with Gasteiger partial charge < -0.3 is 15.8 Å². The summed E-state index contributed by atoms with van der Waals surface area (Å²) >= 11 is 0. The number of hydrogen-bond donors (Lipinski definition) is 2. The van der Waals surface area contributed by atoms with E-state index in [-0.39, 0.29) is 5.54 Å². The van der Waals surface area contributed by atoms with Gasteiger partial charge in [0.25, 0.3) is 0 Å². The van der Waals surface area contributed by atoms with Crippen LogP contribution in [0.2, 0.25) is 0 Å². The Morgan fingerprint density at radius 3 is 2.75 bits per heavy atom. The number of rotatable bonds is 5. The average molecular weight is 278 g/mol. The Morgan fingerprint density at radius 2 is 2.15 bits per heavy atom. The normalized spacial score (nSPS) is 18.9. The van der Waals surface area contributed by atoms with Gasteiger partial charge in [0.05, 0.1) is 13.2 Å². The SMILES string of the molecule is CNC(Cc1cccnc1N)C(C)(C)N1CCOCC1. The highest BCUT2D eigenvalue weighted by molar-refractivity contribution is 5.39. The summed E-state index contributed by atoms with van der Waals surface area (Å²) < 4.78 is 5.45. The first-order valence-electron chi connectivity index (χ1n) is 7.25. The largest absolute Gasteiger partial charge is 0.383 e. The molecule has 0 radical (unpaired) electrons. The second-order valence-electron chi connectivity index (χ2n) is 5.85. The zero-order valence-electron chi connectivity index (χ0n) is 12.7. The Labute approximate surface area is 121 Å². The molecule has 1 aliphatic heterocycles. The van der Waals surface area contributed by atoms with Gasteiger partial charge in [0.1, 0.15) is 5.82 Å². The second-order valence-corrected chi connectivity index (χ2v) is 5.85. The van der Waals surface area contributed by atoms with E-state index in [1.807, 2.05) is 13.1 Å². The summed E-state index contributed by atoms with van der Waals surface area (Å²) in [6.45, 7) is 8.16. The van der Waals surface area contributed by atoms with Crippen LogP contribution in [-0.4, -0.2) is 54.8 Å². The molecule has 0 saturated carbocycles. The topological polar surface area (TPSA) is 63.4 Å². The molecule has 1 atom stereocenters. The van der Waals surface area contributed by atoms with Gasteiger partial charge in [0, 0.05) is 30.9 Å². The molecule has 1 aromatic heterocycles. The van der Waals surface area contributed by atoms with Crippen molar-refractivity contribution in [2.75, 3.05) is 39.1 Å². The molecule has 1 unspecified atom stereocenters. The van der Waals surface area contributed by atoms with Crippen molar-refractivity contribution >= 4 is 5.82 Å². The molecule has 1 fully saturated rings. The molecule has 3 N–H and O–H groups in total. The molecule has 1 aromatic rings. The standard InChI is InChI=1S/C15H26N4O/c1-15(2,19-7-9-20-10-8-19)13(17-3)11-12-5-4-6-18-14(12)16/h4-6,13,17H,7-11H2,1-3H3,(H2,16,18). The van der Waals surface area contributed by atoms with E-state index in [9.17, 15) is 0 Å². The maximum absolute atomic E-state index is 5.97. The van der Waals surface area contributed by atoms with Crippen LogP contribution in [0.1, 0.15) is 19.4 Å². The van der Waals surface area contributed by atoms with E-state index in [1.165, 1.54) is 0 Å². The number of nitrogens with one attached hydrogen (secondary N) is 1. The zero-order valence-corrected chi connectivity index (χ0v) is 12.7. The monoisotopic (exact) mass is 278 g/mol. The number of ether oxygens (including phenoxy) is 1. The number of morpholine rings is 1. The van der Waals surface area contributed by atoms with Gasteiger partial charge in [0.2, 0.25) is 0 Å². The molecular weight excluding hydrogens is 252 g/mol. The minimum atomic E-state index is 0.0425. The molecule has 5 nitrogen and oxygen atoms in total. The fourth-order valence-corrected chi connectivity index (χ4v) is 2.91. The lowest BCUT2D eigenvalue weighted by Gasteiger charge is -2.46. The third kappa shape index (κ3) is 3.29. The zero-order chi connectivity index (χ0) is 14.6. The molecule has 2 heterocycles. The number of nitrogens with zero attached hydrogens (tertiary/aromatic N) is 2. The highest BCUT2D eigenvalue weighted by Gasteiger charge is 2.35. The summed E-state index contributed by atoms with van der Waals surface area (Å²) in [6, 6.07) is 4.31. The molecule has 2 rings (SSSR count). The van der Waals surface area contributed by atoms with Gasteiger partial charge in [-0.3, -0.25) is 4.90 Å². The van der Waals surface area contributed by atoms with Crippen molar-refractivity contribution in [2.24, 2.45) is 0 Å². The fraction of sp³-hybridized carbons (Fsp3) is 0.667. The Balaban J connectivity index is 2.12. The molecule has 20 heavy (non-hydrogen) atoms. The summed E-state index contributed by atoms with van der Waals surface area (Å²) in [5.41, 5.74) is 7.12. The third-order valence-electron chi connectivity index (χ3n) is 4.38. The van der Waals surface area contributed by atoms with Crippen LogP contribution in [0.25, 0.3) is 0 Å². The fourth-order valence-electron chi connectivity index (χ4n) is 2.91. The molecule has 0 spiro atoms. The molecule has 1 aliphatic rings. The van der Waals surface area contributed by atoms with Crippen molar-refractivity contribution in [1.29, 1.82) is 0 Å². The molecule has 112 valence electrons. The highest BCUT2D eigenvalue weighted by Crippen LogP contribution is 2.24. The van der Waals surface area contributed by atoms with Crippen LogP contribution in [0.4, 0.5) is 5.82 Å². The summed E-state index contributed by atoms with van der Waals surface area (Å²) in [5, 5.41) is 3.45. The smallest absolute Gasteiger partial charge is 0.126 e. The van der Waals surface area contributed by atoms with Crippen LogP contribution < -0.4 is 11.1 Å². The molecule has 0 amide bonds. The van der Waals surface area contributed by atoms with E-state index in [0.29, 0.717) is 11.9 Å². The van der Waals surface area contributed by atoms with Crippen molar-refractivity contribution in [3.8, 4) is 0 Å². The molecular formula is C15H26N4O. The van der Waals surface area contributed by atoms with Crippen LogP contribution in [0, 0.1) is 0 Å². The van der Waals surface area contributed by atoms with Crippen molar-refractivity contribution in [3.05, 3.63) is 23.9 Å². The number of likely N-dealkylation sites (N-methyl/N-ethyl adjacent to an activating group) is 1. The number of hydrogen-bond acceptors (Lipinski definition) is 5. The van der Waals surface area contributed by atoms with Gasteiger partial charge >= 0.3 is 0 Å². The lowest BCUT2D eigenvalue weighted by Crippen LogP contribution is -2.60. The highest BCUT2D eigenvalue weighted by atomic mass is 16.5. The van der Waals surface area contributed by atoms with Gasteiger partial charge in [-0.05, 0) is 38.9 Å². The van der Waals surface area contributed by atoms with E-state index in [1.54, 1.807) is 6.20 Å². The van der Waals surface area contributed by atoms with E-state index in [0.717, 1.165) is 38.3 Å². The van der Waals surface area contributed by atoms with Crippen molar-refractivity contribution in [1.82, 2.24) is 15.2 Å². The molecule has 0 aromatic carbocycles. The maximum Gasteiger partial charge on any atom is 0.126 e. The van der Waals surface area contributed by atoms with Gasteiger partial charge in [-0.2, -0.15) is 0 Å². The lowest BCUT2D eigenvalue weighted by molar-refractivity contribution is -0.0223. The Bertz CT molecular complexity index is 430. The third-order valence-corrected chi connectivity index (χ3v) is 4.38. The van der Waals surface area contributed by atoms with E-state index >= 15 is 0 Å². The van der Waals surface area contributed by atoms with Gasteiger partial charge in [-0.1, -0.05) is 6.07 Å². The summed E-state index contributed by atoms with van der Waals surface area (Å²) in [6.07, 6.45) is 2.61. The first-order valence-corrected chi connectivity index (χ1v) is 7.25. The first-order chi connectivity index (χ1) is 9.55.